The van der Waals surface area contributed by atoms with Gasteiger partial charge in [0.2, 0.25) is 5.82 Å². The Labute approximate surface area is 122 Å². The van der Waals surface area contributed by atoms with E-state index in [2.05, 4.69) is 10.4 Å². The van der Waals surface area contributed by atoms with Crippen LogP contribution in [0.25, 0.3) is 0 Å². The fourth-order valence-electron chi connectivity index (χ4n) is 2.05. The largest absolute Gasteiger partial charge is 0.377 e. The molecule has 1 aromatic heterocycles. The number of nitrogens with one attached hydrogen (secondary N) is 1. The van der Waals surface area contributed by atoms with Crippen molar-refractivity contribution >= 4 is 17.2 Å². The molecule has 0 saturated carbocycles. The molecule has 0 saturated heterocycles. The lowest BCUT2D eigenvalue weighted by Gasteiger charge is -2.07. The quantitative estimate of drug-likeness (QED) is 0.653. The molecule has 1 N–H and O–H groups in total. The van der Waals surface area contributed by atoms with Crippen molar-refractivity contribution in [1.82, 2.24) is 9.78 Å². The lowest BCUT2D eigenvalue weighted by Crippen LogP contribution is -2.01. The molecule has 1 heterocycles. The van der Waals surface area contributed by atoms with Crippen LogP contribution in [0.2, 0.25) is 0 Å². The van der Waals surface area contributed by atoms with Gasteiger partial charge in [-0.1, -0.05) is 12.1 Å². The number of hydrogen-bond acceptors (Lipinski definition) is 5. The molecule has 0 unspecified atom stereocenters. The zero-order valence-electron chi connectivity index (χ0n) is 12.3. The van der Waals surface area contributed by atoms with Gasteiger partial charge >= 0.3 is 5.69 Å². The Morgan fingerprint density at radius 1 is 1.38 bits per heavy atom. The van der Waals surface area contributed by atoms with Crippen LogP contribution in [-0.4, -0.2) is 21.3 Å². The van der Waals surface area contributed by atoms with Crippen molar-refractivity contribution in [3.05, 3.63) is 45.6 Å². The van der Waals surface area contributed by atoms with Crippen molar-refractivity contribution in [3.8, 4) is 0 Å². The molecule has 0 aliphatic heterocycles. The van der Waals surface area contributed by atoms with Gasteiger partial charge < -0.3 is 10.1 Å². The number of anilines is 2. The molecule has 112 valence electrons. The number of aryl methyl sites for hydroxylation is 2. The number of benzene rings is 1. The Morgan fingerprint density at radius 3 is 2.62 bits per heavy atom. The number of nitro groups is 1. The van der Waals surface area contributed by atoms with E-state index in [4.69, 9.17) is 4.74 Å². The number of rotatable bonds is 6. The van der Waals surface area contributed by atoms with E-state index in [0.717, 1.165) is 11.3 Å². The van der Waals surface area contributed by atoms with Gasteiger partial charge in [-0.25, -0.2) is 4.68 Å². The van der Waals surface area contributed by atoms with Gasteiger partial charge in [-0.05, 0) is 31.5 Å². The van der Waals surface area contributed by atoms with E-state index in [0.29, 0.717) is 24.7 Å². The summed E-state index contributed by atoms with van der Waals surface area (Å²) in [5.74, 6) is 0.370. The van der Waals surface area contributed by atoms with Crippen molar-refractivity contribution in [2.75, 3.05) is 11.9 Å². The lowest BCUT2D eigenvalue weighted by molar-refractivity contribution is -0.384. The Morgan fingerprint density at radius 2 is 2.05 bits per heavy atom. The van der Waals surface area contributed by atoms with Crippen LogP contribution in [0.5, 0.6) is 0 Å². The van der Waals surface area contributed by atoms with E-state index in [1.807, 2.05) is 31.2 Å². The summed E-state index contributed by atoms with van der Waals surface area (Å²) < 4.78 is 6.80. The maximum Gasteiger partial charge on any atom is 0.334 e. The first-order valence-corrected chi connectivity index (χ1v) is 6.64. The molecular formula is C14H18N4O3. The normalized spacial score (nSPS) is 10.6. The highest BCUT2D eigenvalue weighted by Crippen LogP contribution is 2.30. The SMILES string of the molecule is CCOCc1ccc(Nc2c([N+](=O)[O-])c(C)nn2C)cc1. The summed E-state index contributed by atoms with van der Waals surface area (Å²) >= 11 is 0. The third kappa shape index (κ3) is 3.38. The predicted octanol–water partition coefficient (Wildman–Crippen LogP) is 2.92. The van der Waals surface area contributed by atoms with E-state index < -0.39 is 4.92 Å². The Kier molecular flexibility index (Phi) is 4.54. The van der Waals surface area contributed by atoms with Crippen LogP contribution in [0.15, 0.2) is 24.3 Å². The molecule has 21 heavy (non-hydrogen) atoms. The molecule has 1 aromatic carbocycles. The monoisotopic (exact) mass is 290 g/mol. The summed E-state index contributed by atoms with van der Waals surface area (Å²) in [5.41, 5.74) is 2.20. The maximum absolute atomic E-state index is 11.1. The van der Waals surface area contributed by atoms with Crippen LogP contribution in [0.1, 0.15) is 18.2 Å². The van der Waals surface area contributed by atoms with Crippen molar-refractivity contribution in [1.29, 1.82) is 0 Å². The van der Waals surface area contributed by atoms with Gasteiger partial charge in [0, 0.05) is 19.3 Å². The van der Waals surface area contributed by atoms with Gasteiger partial charge in [0.15, 0.2) is 0 Å². The summed E-state index contributed by atoms with van der Waals surface area (Å²) in [7, 11) is 1.67. The van der Waals surface area contributed by atoms with E-state index >= 15 is 0 Å². The van der Waals surface area contributed by atoms with Crippen molar-refractivity contribution in [2.45, 2.75) is 20.5 Å². The first kappa shape index (κ1) is 15.0. The Bertz CT molecular complexity index is 634. The van der Waals surface area contributed by atoms with Crippen LogP contribution >= 0.6 is 0 Å². The average molecular weight is 290 g/mol. The first-order valence-electron chi connectivity index (χ1n) is 6.64. The van der Waals surface area contributed by atoms with Crippen LogP contribution in [0.4, 0.5) is 17.2 Å². The van der Waals surface area contributed by atoms with Gasteiger partial charge in [-0.15, -0.1) is 0 Å². The molecule has 2 rings (SSSR count). The molecule has 0 amide bonds. The summed E-state index contributed by atoms with van der Waals surface area (Å²) in [6.07, 6.45) is 0. The van der Waals surface area contributed by atoms with Gasteiger partial charge in [-0.3, -0.25) is 10.1 Å². The number of nitrogens with zero attached hydrogens (tertiary/aromatic N) is 3. The van der Waals surface area contributed by atoms with Crippen LogP contribution in [-0.2, 0) is 18.4 Å². The zero-order valence-corrected chi connectivity index (χ0v) is 12.3. The van der Waals surface area contributed by atoms with Crippen LogP contribution in [0, 0.1) is 17.0 Å². The minimum Gasteiger partial charge on any atom is -0.377 e. The molecule has 0 radical (unpaired) electrons. The molecule has 7 heteroatoms. The van der Waals surface area contributed by atoms with E-state index in [1.54, 1.807) is 14.0 Å². The van der Waals surface area contributed by atoms with Gasteiger partial charge in [0.05, 0.1) is 11.5 Å². The minimum atomic E-state index is -0.422. The second-order valence-corrected chi connectivity index (χ2v) is 4.62. The first-order chi connectivity index (χ1) is 10.0. The highest BCUT2D eigenvalue weighted by molar-refractivity contribution is 5.67. The number of hydrogen-bond donors (Lipinski definition) is 1. The van der Waals surface area contributed by atoms with Crippen molar-refractivity contribution < 1.29 is 9.66 Å². The summed E-state index contributed by atoms with van der Waals surface area (Å²) in [6.45, 7) is 4.79. The fourth-order valence-corrected chi connectivity index (χ4v) is 2.05. The molecule has 0 fully saturated rings. The highest BCUT2D eigenvalue weighted by atomic mass is 16.6. The Hall–Kier alpha value is -2.41. The second kappa shape index (κ2) is 6.36. The molecule has 0 spiro atoms. The smallest absolute Gasteiger partial charge is 0.334 e. The molecule has 7 nitrogen and oxygen atoms in total. The fraction of sp³-hybridized carbons (Fsp3) is 0.357. The summed E-state index contributed by atoms with van der Waals surface area (Å²) in [5, 5.41) is 18.2. The van der Waals surface area contributed by atoms with Crippen molar-refractivity contribution in [3.63, 3.8) is 0 Å². The predicted molar refractivity (Wildman–Crippen MR) is 79.7 cm³/mol. The molecule has 0 atom stereocenters. The zero-order chi connectivity index (χ0) is 15.4. The Balaban J connectivity index is 2.20. The van der Waals surface area contributed by atoms with Gasteiger partial charge in [0.1, 0.15) is 5.69 Å². The van der Waals surface area contributed by atoms with Gasteiger partial charge in [0.25, 0.3) is 0 Å². The molecule has 0 bridgehead atoms. The average Bonchev–Trinajstić information content (AvgIpc) is 2.72. The van der Waals surface area contributed by atoms with Crippen LogP contribution in [0.3, 0.4) is 0 Å². The second-order valence-electron chi connectivity index (χ2n) is 4.62. The van der Waals surface area contributed by atoms with Crippen LogP contribution < -0.4 is 5.32 Å². The maximum atomic E-state index is 11.1. The van der Waals surface area contributed by atoms with E-state index in [9.17, 15) is 10.1 Å². The minimum absolute atomic E-state index is 0.00380. The highest BCUT2D eigenvalue weighted by Gasteiger charge is 2.23. The molecule has 2 aromatic rings. The third-order valence-electron chi connectivity index (χ3n) is 3.06. The third-order valence-corrected chi connectivity index (χ3v) is 3.06. The van der Waals surface area contributed by atoms with Gasteiger partial charge in [-0.2, -0.15) is 5.10 Å². The molecular weight excluding hydrogens is 272 g/mol. The topological polar surface area (TPSA) is 82.2 Å². The molecule has 0 aliphatic rings. The standard InChI is InChI=1S/C14H18N4O3/c1-4-21-9-11-5-7-12(8-6-11)15-14-13(18(19)20)10(2)16-17(14)3/h5-8,15H,4,9H2,1-3H3. The van der Waals surface area contributed by atoms with E-state index in [1.165, 1.54) is 4.68 Å². The summed E-state index contributed by atoms with van der Waals surface area (Å²) in [6, 6.07) is 7.57. The lowest BCUT2D eigenvalue weighted by atomic mass is 10.2. The summed E-state index contributed by atoms with van der Waals surface area (Å²) in [4.78, 5) is 10.7. The van der Waals surface area contributed by atoms with Crippen molar-refractivity contribution in [2.24, 2.45) is 7.05 Å². The molecule has 0 aliphatic carbocycles. The number of aromatic nitrogens is 2. The number of ether oxygens (including phenoxy) is 1. The van der Waals surface area contributed by atoms with E-state index in [-0.39, 0.29) is 5.69 Å².